The number of benzene rings is 2. The third kappa shape index (κ3) is 5.18. The number of hydrogen-bond acceptors (Lipinski definition) is 2. The van der Waals surface area contributed by atoms with E-state index >= 15 is 0 Å². The summed E-state index contributed by atoms with van der Waals surface area (Å²) in [6.07, 6.45) is 0.907. The summed E-state index contributed by atoms with van der Waals surface area (Å²) in [5, 5.41) is 13.2. The lowest BCUT2D eigenvalue weighted by molar-refractivity contribution is 0.473. The summed E-state index contributed by atoms with van der Waals surface area (Å²) >= 11 is 3.55. The van der Waals surface area contributed by atoms with E-state index in [1.54, 1.807) is 6.07 Å². The first-order chi connectivity index (χ1) is 10.0. The van der Waals surface area contributed by atoms with E-state index in [2.05, 4.69) is 59.4 Å². The minimum absolute atomic E-state index is 0.331. The standard InChI is InChI=1S/C18H22BrNO/c1-13(2)20-12-16(15-6-4-7-17(19)11-15)9-14-5-3-8-18(21)10-14/h3-8,10-11,13,16,20-21H,9,12H2,1-2H3. The van der Waals surface area contributed by atoms with E-state index in [4.69, 9.17) is 0 Å². The molecule has 2 aromatic carbocycles. The number of hydrogen-bond donors (Lipinski definition) is 2. The molecule has 0 heterocycles. The Kier molecular flexibility index (Phi) is 5.83. The van der Waals surface area contributed by atoms with Crippen LogP contribution >= 0.6 is 15.9 Å². The fourth-order valence-electron chi connectivity index (χ4n) is 2.41. The first-order valence-corrected chi connectivity index (χ1v) is 8.10. The molecule has 2 N–H and O–H groups in total. The van der Waals surface area contributed by atoms with Gasteiger partial charge in [-0.3, -0.25) is 0 Å². The number of rotatable bonds is 6. The van der Waals surface area contributed by atoms with Gasteiger partial charge in [0.15, 0.2) is 0 Å². The van der Waals surface area contributed by atoms with Crippen molar-refractivity contribution in [3.63, 3.8) is 0 Å². The van der Waals surface area contributed by atoms with Crippen LogP contribution in [-0.4, -0.2) is 17.7 Å². The molecule has 0 aromatic heterocycles. The van der Waals surface area contributed by atoms with Crippen molar-refractivity contribution < 1.29 is 5.11 Å². The molecule has 2 aromatic rings. The van der Waals surface area contributed by atoms with E-state index < -0.39 is 0 Å². The highest BCUT2D eigenvalue weighted by Crippen LogP contribution is 2.25. The highest BCUT2D eigenvalue weighted by molar-refractivity contribution is 9.10. The first kappa shape index (κ1) is 16.1. The third-order valence-corrected chi connectivity index (χ3v) is 3.98. The van der Waals surface area contributed by atoms with Gasteiger partial charge in [-0.1, -0.05) is 54.0 Å². The molecule has 0 fully saturated rings. The number of aromatic hydroxyl groups is 1. The molecular formula is C18H22BrNO. The molecule has 0 aliphatic rings. The summed E-state index contributed by atoms with van der Waals surface area (Å²) in [4.78, 5) is 0. The fourth-order valence-corrected chi connectivity index (χ4v) is 2.83. The van der Waals surface area contributed by atoms with E-state index in [-0.39, 0.29) is 0 Å². The molecular weight excluding hydrogens is 326 g/mol. The zero-order valence-electron chi connectivity index (χ0n) is 12.5. The highest BCUT2D eigenvalue weighted by atomic mass is 79.9. The van der Waals surface area contributed by atoms with Crippen molar-refractivity contribution >= 4 is 15.9 Å². The number of halogens is 1. The molecule has 1 unspecified atom stereocenters. The van der Waals surface area contributed by atoms with Crippen molar-refractivity contribution in [1.29, 1.82) is 0 Å². The zero-order valence-corrected chi connectivity index (χ0v) is 14.1. The van der Waals surface area contributed by atoms with Crippen molar-refractivity contribution in [3.05, 3.63) is 64.1 Å². The van der Waals surface area contributed by atoms with E-state index in [1.165, 1.54) is 5.56 Å². The van der Waals surface area contributed by atoms with Gasteiger partial charge >= 0.3 is 0 Å². The van der Waals surface area contributed by atoms with E-state index in [0.29, 0.717) is 17.7 Å². The third-order valence-electron chi connectivity index (χ3n) is 3.49. The largest absolute Gasteiger partial charge is 0.508 e. The minimum atomic E-state index is 0.331. The lowest BCUT2D eigenvalue weighted by Crippen LogP contribution is -2.29. The Morgan fingerprint density at radius 3 is 2.52 bits per heavy atom. The van der Waals surface area contributed by atoms with Crippen LogP contribution in [0.3, 0.4) is 0 Å². The quantitative estimate of drug-likeness (QED) is 0.807. The van der Waals surface area contributed by atoms with Crippen LogP contribution < -0.4 is 5.32 Å². The Bertz CT molecular complexity index is 583. The van der Waals surface area contributed by atoms with Crippen LogP contribution in [0.5, 0.6) is 5.75 Å². The molecule has 21 heavy (non-hydrogen) atoms. The average Bonchev–Trinajstić information content (AvgIpc) is 2.43. The highest BCUT2D eigenvalue weighted by Gasteiger charge is 2.13. The predicted octanol–water partition coefficient (Wildman–Crippen LogP) is 4.48. The molecule has 0 amide bonds. The van der Waals surface area contributed by atoms with Crippen LogP contribution in [0.2, 0.25) is 0 Å². The molecule has 0 aliphatic carbocycles. The molecule has 0 spiro atoms. The number of phenolic OH excluding ortho intramolecular Hbond substituents is 1. The Morgan fingerprint density at radius 2 is 1.86 bits per heavy atom. The lowest BCUT2D eigenvalue weighted by atomic mass is 9.91. The summed E-state index contributed by atoms with van der Waals surface area (Å²) in [6.45, 7) is 5.24. The molecule has 0 saturated carbocycles. The summed E-state index contributed by atoms with van der Waals surface area (Å²) < 4.78 is 1.10. The molecule has 0 bridgehead atoms. The molecule has 0 radical (unpaired) electrons. The van der Waals surface area contributed by atoms with Gasteiger partial charge in [-0.2, -0.15) is 0 Å². The smallest absolute Gasteiger partial charge is 0.115 e. The Balaban J connectivity index is 2.19. The van der Waals surface area contributed by atoms with Gasteiger partial charge in [-0.25, -0.2) is 0 Å². The van der Waals surface area contributed by atoms with Gasteiger partial charge in [0.05, 0.1) is 0 Å². The number of nitrogens with one attached hydrogen (secondary N) is 1. The van der Waals surface area contributed by atoms with Crippen LogP contribution in [0.4, 0.5) is 0 Å². The Hall–Kier alpha value is -1.32. The normalized spacial score (nSPS) is 12.6. The summed E-state index contributed by atoms with van der Waals surface area (Å²) in [5.74, 6) is 0.712. The summed E-state index contributed by atoms with van der Waals surface area (Å²) in [7, 11) is 0. The Morgan fingerprint density at radius 1 is 1.10 bits per heavy atom. The van der Waals surface area contributed by atoms with Crippen LogP contribution in [0.25, 0.3) is 0 Å². The van der Waals surface area contributed by atoms with Crippen LogP contribution in [0, 0.1) is 0 Å². The average molecular weight is 348 g/mol. The maximum Gasteiger partial charge on any atom is 0.115 e. The van der Waals surface area contributed by atoms with Crippen LogP contribution in [0.1, 0.15) is 30.9 Å². The maximum absolute atomic E-state index is 9.64. The van der Waals surface area contributed by atoms with Gasteiger partial charge in [-0.05, 0) is 41.8 Å². The van der Waals surface area contributed by atoms with Gasteiger partial charge in [0, 0.05) is 23.0 Å². The van der Waals surface area contributed by atoms with Crippen LogP contribution in [0.15, 0.2) is 53.0 Å². The van der Waals surface area contributed by atoms with E-state index in [1.807, 2.05) is 18.2 Å². The first-order valence-electron chi connectivity index (χ1n) is 7.31. The molecule has 3 heteroatoms. The monoisotopic (exact) mass is 347 g/mol. The second-order valence-electron chi connectivity index (χ2n) is 5.69. The minimum Gasteiger partial charge on any atom is -0.508 e. The van der Waals surface area contributed by atoms with Crippen molar-refractivity contribution in [3.8, 4) is 5.75 Å². The van der Waals surface area contributed by atoms with E-state index in [0.717, 1.165) is 23.0 Å². The molecule has 0 aliphatic heterocycles. The summed E-state index contributed by atoms with van der Waals surface area (Å²) in [5.41, 5.74) is 2.46. The molecule has 0 saturated heterocycles. The predicted molar refractivity (Wildman–Crippen MR) is 91.8 cm³/mol. The second kappa shape index (κ2) is 7.62. The van der Waals surface area contributed by atoms with Gasteiger partial charge in [0.2, 0.25) is 0 Å². The van der Waals surface area contributed by atoms with Gasteiger partial charge < -0.3 is 10.4 Å². The molecule has 112 valence electrons. The number of phenols is 1. The van der Waals surface area contributed by atoms with Crippen molar-refractivity contribution in [1.82, 2.24) is 5.32 Å². The van der Waals surface area contributed by atoms with Crippen molar-refractivity contribution in [2.24, 2.45) is 0 Å². The molecule has 1 atom stereocenters. The lowest BCUT2D eigenvalue weighted by Gasteiger charge is -2.20. The molecule has 2 nitrogen and oxygen atoms in total. The topological polar surface area (TPSA) is 32.3 Å². The van der Waals surface area contributed by atoms with Crippen LogP contribution in [-0.2, 0) is 6.42 Å². The Labute approximate surface area is 135 Å². The van der Waals surface area contributed by atoms with Crippen molar-refractivity contribution in [2.45, 2.75) is 32.2 Å². The van der Waals surface area contributed by atoms with Crippen molar-refractivity contribution in [2.75, 3.05) is 6.54 Å². The second-order valence-corrected chi connectivity index (χ2v) is 6.60. The fraction of sp³-hybridized carbons (Fsp3) is 0.333. The zero-order chi connectivity index (χ0) is 15.2. The van der Waals surface area contributed by atoms with E-state index in [9.17, 15) is 5.11 Å². The van der Waals surface area contributed by atoms with Gasteiger partial charge in [-0.15, -0.1) is 0 Å². The SMILES string of the molecule is CC(C)NCC(Cc1cccc(O)c1)c1cccc(Br)c1. The van der Waals surface area contributed by atoms with Gasteiger partial charge in [0.25, 0.3) is 0 Å². The van der Waals surface area contributed by atoms with Gasteiger partial charge in [0.1, 0.15) is 5.75 Å². The molecule has 2 rings (SSSR count). The maximum atomic E-state index is 9.64. The summed E-state index contributed by atoms with van der Waals surface area (Å²) in [6, 6.07) is 16.5.